The van der Waals surface area contributed by atoms with Crippen molar-refractivity contribution in [1.29, 1.82) is 0 Å². The van der Waals surface area contributed by atoms with Crippen molar-refractivity contribution in [2.24, 2.45) is 5.92 Å². The molecule has 0 heterocycles. The second kappa shape index (κ2) is 16.9. The third-order valence-electron chi connectivity index (χ3n) is 6.88. The largest absolute Gasteiger partial charge is 0.291 e. The number of allylic oxidation sites excluding steroid dienone is 3. The molecule has 0 saturated heterocycles. The maximum absolute atomic E-state index is 9.91. The zero-order valence-electron chi connectivity index (χ0n) is 24.6. The van der Waals surface area contributed by atoms with E-state index in [0.29, 0.717) is 11.6 Å². The molecule has 39 heavy (non-hydrogen) atoms. The quantitative estimate of drug-likeness (QED) is 0.121. The molecule has 2 atom stereocenters. The van der Waals surface area contributed by atoms with Crippen LogP contribution in [0, 0.1) is 5.92 Å². The van der Waals surface area contributed by atoms with Gasteiger partial charge in [0.15, 0.2) is 0 Å². The van der Waals surface area contributed by atoms with Crippen molar-refractivity contribution in [2.45, 2.75) is 71.2 Å². The molecule has 4 heteroatoms. The number of benzene rings is 3. The van der Waals surface area contributed by atoms with Crippen LogP contribution >= 0.6 is 10.7 Å². The van der Waals surface area contributed by atoms with Crippen LogP contribution in [0.1, 0.15) is 58.6 Å². The average Bonchev–Trinajstić information content (AvgIpc) is 2.98. The van der Waals surface area contributed by atoms with Crippen LogP contribution in [0.3, 0.4) is 0 Å². The zero-order chi connectivity index (χ0) is 28.8. The van der Waals surface area contributed by atoms with Gasteiger partial charge >= 0.3 is 0 Å². The van der Waals surface area contributed by atoms with Crippen molar-refractivity contribution in [2.75, 3.05) is 6.54 Å². The van der Waals surface area contributed by atoms with Crippen molar-refractivity contribution in [3.05, 3.63) is 114 Å². The summed E-state index contributed by atoms with van der Waals surface area (Å²) in [5.74, 6) is 5.19. The van der Waals surface area contributed by atoms with Crippen LogP contribution in [0.2, 0.25) is 0 Å². The Hall–Kier alpha value is -2.92. The first-order valence-electron chi connectivity index (χ1n) is 14.1. The van der Waals surface area contributed by atoms with Crippen molar-refractivity contribution >= 4 is 27.3 Å². The lowest BCUT2D eigenvalue weighted by Crippen LogP contribution is -2.39. The highest BCUT2D eigenvalue weighted by atomic mass is 32.2. The van der Waals surface area contributed by atoms with Crippen LogP contribution in [0.25, 0.3) is 10.8 Å². The molecule has 0 aromatic heterocycles. The highest BCUT2D eigenvalue weighted by Crippen LogP contribution is 2.36. The monoisotopic (exact) mass is 544 g/mol. The molecule has 3 nitrogen and oxygen atoms in total. The van der Waals surface area contributed by atoms with Crippen molar-refractivity contribution in [1.82, 2.24) is 9.79 Å². The molecular weight excluding hydrogens is 496 g/mol. The van der Waals surface area contributed by atoms with Gasteiger partial charge in [-0.15, -0.1) is 0 Å². The molecule has 3 aromatic carbocycles. The Morgan fingerprint density at radius 1 is 1.00 bits per heavy atom. The van der Waals surface area contributed by atoms with E-state index in [1.807, 2.05) is 19.9 Å². The highest BCUT2D eigenvalue weighted by molar-refractivity contribution is 8.12. The number of nitrogens with one attached hydrogen (secondary N) is 1. The predicted octanol–water partition coefficient (Wildman–Crippen LogP) is 9.36. The maximum atomic E-state index is 9.91. The summed E-state index contributed by atoms with van der Waals surface area (Å²) < 4.78 is 2.41. The lowest BCUT2D eigenvalue weighted by Gasteiger charge is -2.35. The van der Waals surface area contributed by atoms with E-state index in [9.17, 15) is 5.21 Å². The molecule has 210 valence electrons. The number of nitrogens with zero attached hydrogens (tertiary/aromatic N) is 1. The summed E-state index contributed by atoms with van der Waals surface area (Å²) >= 11 is 0. The van der Waals surface area contributed by atoms with Gasteiger partial charge in [0.2, 0.25) is 0 Å². The van der Waals surface area contributed by atoms with Gasteiger partial charge in [-0.1, -0.05) is 130 Å². The van der Waals surface area contributed by atoms with Crippen LogP contribution in [0.5, 0.6) is 0 Å². The molecule has 3 rings (SSSR count). The van der Waals surface area contributed by atoms with E-state index in [0.717, 1.165) is 32.2 Å². The Bertz CT molecular complexity index is 1240. The lowest BCUT2D eigenvalue weighted by molar-refractivity contribution is 0.178. The molecule has 2 unspecified atom stereocenters. The minimum atomic E-state index is -0.429. The summed E-state index contributed by atoms with van der Waals surface area (Å²) in [5, 5.41) is 12.4. The first-order chi connectivity index (χ1) is 18.9. The standard InChI is InChI=1S/C33H42N2OS.C2H6/c1-7-27(8-2)13-14-28-15-17-29(18-16-28)23-33(26(5)34-36)35(22-21-25(3)4)37(6)32-20-19-30-11-9-10-12-31(30)24-32;1-2/h7-12,15-20,24-25,33-34,36H,1,5-6,13-14,21-23H2,2-4H3;1-2H3/b27-8+;. The molecule has 0 bridgehead atoms. The number of fused-ring (bicyclic) bond motifs is 1. The van der Waals surface area contributed by atoms with Crippen LogP contribution < -0.4 is 5.48 Å². The molecule has 0 saturated carbocycles. The Balaban J connectivity index is 0.00000260. The summed E-state index contributed by atoms with van der Waals surface area (Å²) in [6, 6.07) is 23.8. The fourth-order valence-electron chi connectivity index (χ4n) is 4.45. The molecule has 3 aromatic rings. The second-order valence-corrected chi connectivity index (χ2v) is 11.6. The molecule has 0 radical (unpaired) electrons. The molecule has 0 spiro atoms. The summed E-state index contributed by atoms with van der Waals surface area (Å²) in [4.78, 5) is 1.19. The second-order valence-electron chi connectivity index (χ2n) is 9.94. The van der Waals surface area contributed by atoms with Gasteiger partial charge in [-0.2, -0.15) is 0 Å². The van der Waals surface area contributed by atoms with E-state index in [-0.39, 0.29) is 6.04 Å². The van der Waals surface area contributed by atoms with E-state index in [2.05, 4.69) is 122 Å². The minimum Gasteiger partial charge on any atom is -0.291 e. The SMILES string of the molecule is C=C/C(=C\C)CCc1ccc(CC(C(=C)NO)N(CCC(C)C)S(=C)c2ccc3ccccc3c2)cc1.CC. The molecule has 0 aliphatic carbocycles. The van der Waals surface area contributed by atoms with Gasteiger partial charge in [-0.25, -0.2) is 4.31 Å². The van der Waals surface area contributed by atoms with Crippen LogP contribution in [-0.4, -0.2) is 28.0 Å². The normalized spacial score (nSPS) is 13.1. The lowest BCUT2D eigenvalue weighted by atomic mass is 9.99. The molecule has 0 fully saturated rings. The minimum absolute atomic E-state index is 0.0997. The van der Waals surface area contributed by atoms with E-state index < -0.39 is 10.7 Å². The molecular formula is C35H48N2OS. The third-order valence-corrected chi connectivity index (χ3v) is 8.69. The predicted molar refractivity (Wildman–Crippen MR) is 175 cm³/mol. The first-order valence-corrected chi connectivity index (χ1v) is 15.4. The van der Waals surface area contributed by atoms with Crippen LogP contribution in [-0.2, 0) is 12.8 Å². The Kier molecular flexibility index (Phi) is 14.0. The molecule has 2 N–H and O–H groups in total. The Labute approximate surface area is 240 Å². The summed E-state index contributed by atoms with van der Waals surface area (Å²) in [7, 11) is -0.429. The number of hydroxylamine groups is 1. The molecule has 0 aliphatic rings. The van der Waals surface area contributed by atoms with Crippen molar-refractivity contribution < 1.29 is 5.21 Å². The first kappa shape index (κ1) is 32.3. The van der Waals surface area contributed by atoms with Crippen molar-refractivity contribution in [3.8, 4) is 0 Å². The highest BCUT2D eigenvalue weighted by Gasteiger charge is 2.25. The van der Waals surface area contributed by atoms with Gasteiger partial charge in [0.05, 0.1) is 6.04 Å². The van der Waals surface area contributed by atoms with Gasteiger partial charge in [-0.3, -0.25) is 10.7 Å². The average molecular weight is 545 g/mol. The molecule has 0 aliphatic heterocycles. The van der Waals surface area contributed by atoms with Gasteiger partial charge in [0.1, 0.15) is 0 Å². The number of hydrogen-bond donors (Lipinski definition) is 2. The van der Waals surface area contributed by atoms with E-state index in [1.54, 1.807) is 0 Å². The van der Waals surface area contributed by atoms with Gasteiger partial charge in [0, 0.05) is 17.1 Å². The van der Waals surface area contributed by atoms with Gasteiger partial charge < -0.3 is 0 Å². The zero-order valence-corrected chi connectivity index (χ0v) is 25.4. The number of hydrogen-bond acceptors (Lipinski definition) is 3. The van der Waals surface area contributed by atoms with Crippen LogP contribution in [0.15, 0.2) is 108 Å². The fourth-order valence-corrected chi connectivity index (χ4v) is 6.04. The summed E-state index contributed by atoms with van der Waals surface area (Å²) in [6.45, 7) is 19.5. The molecule has 0 amide bonds. The smallest absolute Gasteiger partial charge is 0.0654 e. The van der Waals surface area contributed by atoms with E-state index in [4.69, 9.17) is 0 Å². The van der Waals surface area contributed by atoms with E-state index >= 15 is 0 Å². The Morgan fingerprint density at radius 3 is 2.23 bits per heavy atom. The van der Waals surface area contributed by atoms with E-state index in [1.165, 1.54) is 32.4 Å². The van der Waals surface area contributed by atoms with Crippen molar-refractivity contribution in [3.63, 3.8) is 0 Å². The topological polar surface area (TPSA) is 35.5 Å². The fraction of sp³-hybridized carbons (Fsp3) is 0.343. The van der Waals surface area contributed by atoms with Gasteiger partial charge in [-0.05, 0) is 72.6 Å². The summed E-state index contributed by atoms with van der Waals surface area (Å²) in [6.07, 6.45) is 7.82. The Morgan fingerprint density at radius 2 is 1.64 bits per heavy atom. The number of rotatable bonds is 14. The van der Waals surface area contributed by atoms with Gasteiger partial charge in [0.25, 0.3) is 0 Å². The summed E-state index contributed by atoms with van der Waals surface area (Å²) in [5.41, 5.74) is 6.76. The number of aryl methyl sites for hydroxylation is 1. The maximum Gasteiger partial charge on any atom is 0.0654 e. The van der Waals surface area contributed by atoms with Crippen LogP contribution in [0.4, 0.5) is 0 Å². The third kappa shape index (κ3) is 9.65.